The van der Waals surface area contributed by atoms with Crippen LogP contribution in [0.5, 0.6) is 0 Å². The maximum absolute atomic E-state index is 13.0. The monoisotopic (exact) mass is 447 g/mol. The summed E-state index contributed by atoms with van der Waals surface area (Å²) in [6, 6.07) is 9.25. The molecule has 172 valence electrons. The van der Waals surface area contributed by atoms with Crippen LogP contribution in [0.3, 0.4) is 0 Å². The summed E-state index contributed by atoms with van der Waals surface area (Å²) in [5.41, 5.74) is 3.10. The predicted molar refractivity (Wildman–Crippen MR) is 127 cm³/mol. The van der Waals surface area contributed by atoms with Crippen LogP contribution >= 0.6 is 0 Å². The van der Waals surface area contributed by atoms with Crippen LogP contribution in [0.25, 0.3) is 22.2 Å². The first-order chi connectivity index (χ1) is 16.0. The lowest BCUT2D eigenvalue weighted by molar-refractivity contribution is -0.135. The summed E-state index contributed by atoms with van der Waals surface area (Å²) >= 11 is 0. The summed E-state index contributed by atoms with van der Waals surface area (Å²) in [5.74, 6) is 1.11. The van der Waals surface area contributed by atoms with Crippen molar-refractivity contribution in [2.24, 2.45) is 13.0 Å². The fourth-order valence-corrected chi connectivity index (χ4v) is 5.09. The Morgan fingerprint density at radius 2 is 1.76 bits per heavy atom. The normalized spacial score (nSPS) is 19.8. The van der Waals surface area contributed by atoms with Gasteiger partial charge in [-0.25, -0.2) is 9.78 Å². The Morgan fingerprint density at radius 3 is 2.42 bits per heavy atom. The molecule has 0 radical (unpaired) electrons. The molecule has 8 nitrogen and oxygen atoms in total. The Kier molecular flexibility index (Phi) is 5.52. The molecule has 4 heterocycles. The van der Waals surface area contributed by atoms with E-state index in [0.717, 1.165) is 41.5 Å². The minimum absolute atomic E-state index is 0.228. The van der Waals surface area contributed by atoms with Gasteiger partial charge in [0.1, 0.15) is 11.9 Å². The largest absolute Gasteiger partial charge is 0.357 e. The second kappa shape index (κ2) is 8.50. The highest BCUT2D eigenvalue weighted by molar-refractivity contribution is 6.00. The van der Waals surface area contributed by atoms with Crippen LogP contribution in [0.15, 0.2) is 41.3 Å². The molecular weight excluding hydrogens is 418 g/mol. The molecule has 2 aliphatic rings. The number of carbonyl (C=O) groups excluding carboxylic acids is 2. The van der Waals surface area contributed by atoms with Crippen molar-refractivity contribution >= 4 is 28.7 Å². The smallest absolute Gasteiger partial charge is 0.329 e. The molecule has 0 spiro atoms. The number of carbonyl (C=O) groups is 2. The molecule has 33 heavy (non-hydrogen) atoms. The number of benzene rings is 1. The number of amides is 2. The van der Waals surface area contributed by atoms with Crippen LogP contribution in [-0.4, -0.2) is 39.0 Å². The minimum atomic E-state index is -0.678. The zero-order valence-electron chi connectivity index (χ0n) is 19.1. The van der Waals surface area contributed by atoms with Crippen molar-refractivity contribution in [1.82, 2.24) is 19.4 Å². The summed E-state index contributed by atoms with van der Waals surface area (Å²) in [6.45, 7) is 4.36. The molecule has 0 aliphatic carbocycles. The Morgan fingerprint density at radius 1 is 1.00 bits per heavy atom. The van der Waals surface area contributed by atoms with E-state index in [1.54, 1.807) is 11.6 Å². The van der Waals surface area contributed by atoms with Crippen LogP contribution in [0.2, 0.25) is 0 Å². The Balaban J connectivity index is 1.43. The van der Waals surface area contributed by atoms with Crippen LogP contribution in [0.4, 0.5) is 5.82 Å². The summed E-state index contributed by atoms with van der Waals surface area (Å²) < 4.78 is 3.06. The van der Waals surface area contributed by atoms with Crippen LogP contribution in [-0.2, 0) is 16.6 Å². The quantitative estimate of drug-likeness (QED) is 0.621. The van der Waals surface area contributed by atoms with E-state index in [0.29, 0.717) is 11.9 Å². The SMILES string of the molecule is CCC1CCN(c2ccc(-c3ccc4c(c3)n(C)c(=O)n4C3CCC(=O)NC3=O)cn2)CC1. The summed E-state index contributed by atoms with van der Waals surface area (Å²) in [5, 5.41) is 2.35. The van der Waals surface area contributed by atoms with Crippen molar-refractivity contribution < 1.29 is 9.59 Å². The van der Waals surface area contributed by atoms with Gasteiger partial charge >= 0.3 is 5.69 Å². The summed E-state index contributed by atoms with van der Waals surface area (Å²) in [6.07, 6.45) is 6.12. The Bertz CT molecular complexity index is 1270. The molecule has 3 aromatic rings. The van der Waals surface area contributed by atoms with E-state index in [2.05, 4.69) is 29.3 Å². The van der Waals surface area contributed by atoms with E-state index in [1.807, 2.05) is 24.4 Å². The minimum Gasteiger partial charge on any atom is -0.357 e. The molecule has 1 atom stereocenters. The number of anilines is 1. The van der Waals surface area contributed by atoms with Gasteiger partial charge in [0.15, 0.2) is 0 Å². The van der Waals surface area contributed by atoms with E-state index in [9.17, 15) is 14.4 Å². The van der Waals surface area contributed by atoms with Gasteiger partial charge in [-0.2, -0.15) is 0 Å². The molecule has 2 aliphatic heterocycles. The third-order valence-corrected chi connectivity index (χ3v) is 7.21. The topological polar surface area (TPSA) is 89.2 Å². The predicted octanol–water partition coefficient (Wildman–Crippen LogP) is 3.01. The van der Waals surface area contributed by atoms with E-state index < -0.39 is 11.9 Å². The number of hydrogen-bond donors (Lipinski definition) is 1. The third-order valence-electron chi connectivity index (χ3n) is 7.21. The molecule has 1 aromatic carbocycles. The van der Waals surface area contributed by atoms with Crippen molar-refractivity contribution in [3.8, 4) is 11.1 Å². The van der Waals surface area contributed by atoms with Crippen molar-refractivity contribution in [3.05, 3.63) is 47.0 Å². The number of hydrogen-bond acceptors (Lipinski definition) is 5. The molecule has 5 rings (SSSR count). The lowest BCUT2D eigenvalue weighted by Gasteiger charge is -2.32. The maximum atomic E-state index is 13.0. The molecule has 2 amide bonds. The third kappa shape index (κ3) is 3.83. The second-order valence-corrected chi connectivity index (χ2v) is 9.13. The van der Waals surface area contributed by atoms with Gasteiger partial charge in [-0.15, -0.1) is 0 Å². The second-order valence-electron chi connectivity index (χ2n) is 9.13. The van der Waals surface area contributed by atoms with Crippen molar-refractivity contribution in [2.45, 2.75) is 45.1 Å². The number of aryl methyl sites for hydroxylation is 1. The van der Waals surface area contributed by atoms with Crippen molar-refractivity contribution in [2.75, 3.05) is 18.0 Å². The van der Waals surface area contributed by atoms with Crippen molar-refractivity contribution in [3.63, 3.8) is 0 Å². The average Bonchev–Trinajstić information content (AvgIpc) is 3.09. The number of fused-ring (bicyclic) bond motifs is 1. The van der Waals surface area contributed by atoms with Crippen molar-refractivity contribution in [1.29, 1.82) is 0 Å². The number of pyridine rings is 1. The molecule has 1 unspecified atom stereocenters. The number of nitrogens with one attached hydrogen (secondary N) is 1. The summed E-state index contributed by atoms with van der Waals surface area (Å²) in [7, 11) is 1.71. The van der Waals surface area contributed by atoms with E-state index in [-0.39, 0.29) is 18.0 Å². The van der Waals surface area contributed by atoms with Gasteiger partial charge < -0.3 is 4.90 Å². The zero-order valence-corrected chi connectivity index (χ0v) is 19.1. The van der Waals surface area contributed by atoms with Gasteiger partial charge in [-0.3, -0.25) is 24.0 Å². The van der Waals surface area contributed by atoms with E-state index >= 15 is 0 Å². The number of nitrogens with zero attached hydrogens (tertiary/aromatic N) is 4. The number of aromatic nitrogens is 3. The molecule has 1 N–H and O–H groups in total. The van der Waals surface area contributed by atoms with Gasteiger partial charge in [0, 0.05) is 38.3 Å². The summed E-state index contributed by atoms with van der Waals surface area (Å²) in [4.78, 5) is 43.9. The van der Waals surface area contributed by atoms with Gasteiger partial charge in [0.05, 0.1) is 11.0 Å². The molecule has 2 aromatic heterocycles. The lowest BCUT2D eigenvalue weighted by Crippen LogP contribution is -2.44. The highest BCUT2D eigenvalue weighted by Crippen LogP contribution is 2.29. The zero-order chi connectivity index (χ0) is 23.1. The fraction of sp³-hybridized carbons (Fsp3) is 0.440. The first-order valence-electron chi connectivity index (χ1n) is 11.7. The lowest BCUT2D eigenvalue weighted by atomic mass is 9.94. The van der Waals surface area contributed by atoms with Gasteiger partial charge in [0.2, 0.25) is 11.8 Å². The maximum Gasteiger partial charge on any atom is 0.329 e. The highest BCUT2D eigenvalue weighted by Gasteiger charge is 2.31. The number of piperidine rings is 2. The highest BCUT2D eigenvalue weighted by atomic mass is 16.2. The van der Waals surface area contributed by atoms with Gasteiger partial charge in [-0.1, -0.05) is 19.4 Å². The number of imidazole rings is 1. The van der Waals surface area contributed by atoms with Gasteiger partial charge in [0.25, 0.3) is 0 Å². The van der Waals surface area contributed by atoms with E-state index in [1.165, 1.54) is 23.8 Å². The van der Waals surface area contributed by atoms with E-state index in [4.69, 9.17) is 4.98 Å². The number of imide groups is 1. The number of rotatable bonds is 4. The van der Waals surface area contributed by atoms with Crippen LogP contribution < -0.4 is 15.9 Å². The van der Waals surface area contributed by atoms with Crippen LogP contribution in [0.1, 0.15) is 45.1 Å². The fourth-order valence-electron chi connectivity index (χ4n) is 5.09. The molecule has 8 heteroatoms. The average molecular weight is 448 g/mol. The standard InChI is InChI=1S/C25H29N5O3/c1-3-16-10-12-29(13-11-16)22-8-5-18(15-26-22)17-4-6-19-21(14-17)28(2)25(33)30(19)20-7-9-23(31)27-24(20)32/h4-6,8,14-16,20H,3,7,9-13H2,1-2H3,(H,27,31,32). The molecular formula is C25H29N5O3. The van der Waals surface area contributed by atoms with Gasteiger partial charge in [-0.05, 0) is 55.0 Å². The Hall–Kier alpha value is -3.42. The molecule has 2 saturated heterocycles. The Labute approximate surface area is 192 Å². The first kappa shape index (κ1) is 21.4. The van der Waals surface area contributed by atoms with Crippen LogP contribution in [0, 0.1) is 5.92 Å². The molecule has 0 saturated carbocycles. The first-order valence-corrected chi connectivity index (χ1v) is 11.7. The molecule has 0 bridgehead atoms. The molecule has 2 fully saturated rings.